The Morgan fingerprint density at radius 1 is 1.56 bits per heavy atom. The zero-order valence-corrected chi connectivity index (χ0v) is 11.3. The van der Waals surface area contributed by atoms with Crippen LogP contribution in [0.3, 0.4) is 0 Å². The summed E-state index contributed by atoms with van der Waals surface area (Å²) in [5, 5.41) is 10.00. The fraction of sp³-hybridized carbons (Fsp3) is 0.714. The summed E-state index contributed by atoms with van der Waals surface area (Å²) in [6.45, 7) is 4.99. The largest absolute Gasteiger partial charge is 0.356 e. The van der Waals surface area contributed by atoms with Crippen molar-refractivity contribution in [1.82, 2.24) is 15.5 Å². The molecule has 2 atom stereocenters. The number of carbonyl (C=O) groups excluding carboxylic acids is 1. The molecule has 0 spiro atoms. The Kier molecular flexibility index (Phi) is 4.39. The fourth-order valence-electron chi connectivity index (χ4n) is 2.78. The van der Waals surface area contributed by atoms with Gasteiger partial charge < -0.3 is 5.32 Å². The Hall–Kier alpha value is -1.32. The van der Waals surface area contributed by atoms with E-state index in [9.17, 15) is 4.79 Å². The van der Waals surface area contributed by atoms with Crippen LogP contribution in [0.1, 0.15) is 43.9 Å². The third-order valence-electron chi connectivity index (χ3n) is 4.05. The van der Waals surface area contributed by atoms with E-state index in [0.717, 1.165) is 31.5 Å². The van der Waals surface area contributed by atoms with Crippen molar-refractivity contribution < 1.29 is 4.79 Å². The second-order valence-corrected chi connectivity index (χ2v) is 5.43. The van der Waals surface area contributed by atoms with Crippen LogP contribution in [-0.4, -0.2) is 22.6 Å². The van der Waals surface area contributed by atoms with Crippen molar-refractivity contribution in [2.75, 3.05) is 6.54 Å². The van der Waals surface area contributed by atoms with Crippen LogP contribution in [0.25, 0.3) is 0 Å². The van der Waals surface area contributed by atoms with Crippen LogP contribution in [0, 0.1) is 18.8 Å². The minimum Gasteiger partial charge on any atom is -0.356 e. The van der Waals surface area contributed by atoms with Crippen molar-refractivity contribution in [3.63, 3.8) is 0 Å². The van der Waals surface area contributed by atoms with E-state index in [0.29, 0.717) is 5.92 Å². The summed E-state index contributed by atoms with van der Waals surface area (Å²) in [4.78, 5) is 12.0. The lowest BCUT2D eigenvalue weighted by Crippen LogP contribution is -2.32. The third kappa shape index (κ3) is 3.12. The third-order valence-corrected chi connectivity index (χ3v) is 4.05. The number of hydrogen-bond acceptors (Lipinski definition) is 2. The molecular weight excluding hydrogens is 226 g/mol. The van der Waals surface area contributed by atoms with E-state index >= 15 is 0 Å². The molecule has 1 heterocycles. The Morgan fingerprint density at radius 3 is 3.00 bits per heavy atom. The van der Waals surface area contributed by atoms with Gasteiger partial charge in [0.1, 0.15) is 0 Å². The lowest BCUT2D eigenvalue weighted by Gasteiger charge is -2.14. The van der Waals surface area contributed by atoms with Gasteiger partial charge in [0.2, 0.25) is 5.91 Å². The maximum Gasteiger partial charge on any atom is 0.223 e. The average Bonchev–Trinajstić information content (AvgIpc) is 2.94. The van der Waals surface area contributed by atoms with Gasteiger partial charge in [0.15, 0.2) is 0 Å². The van der Waals surface area contributed by atoms with Gasteiger partial charge in [-0.2, -0.15) is 5.10 Å². The topological polar surface area (TPSA) is 57.8 Å². The molecule has 1 amide bonds. The molecule has 2 rings (SSSR count). The molecule has 0 radical (unpaired) electrons. The van der Waals surface area contributed by atoms with E-state index in [1.807, 2.05) is 13.1 Å². The highest BCUT2D eigenvalue weighted by molar-refractivity contribution is 5.79. The molecule has 1 saturated carbocycles. The maximum absolute atomic E-state index is 12.0. The van der Waals surface area contributed by atoms with Crippen LogP contribution in [0.4, 0.5) is 0 Å². The predicted molar refractivity (Wildman–Crippen MR) is 71.2 cm³/mol. The Labute approximate surface area is 109 Å². The lowest BCUT2D eigenvalue weighted by atomic mass is 9.97. The number of nitrogens with zero attached hydrogens (tertiary/aromatic N) is 1. The van der Waals surface area contributed by atoms with Gasteiger partial charge in [-0.25, -0.2) is 0 Å². The van der Waals surface area contributed by atoms with Gasteiger partial charge in [-0.1, -0.05) is 13.3 Å². The van der Waals surface area contributed by atoms with Crippen LogP contribution in [-0.2, 0) is 11.2 Å². The molecule has 4 nitrogen and oxygen atoms in total. The summed E-state index contributed by atoms with van der Waals surface area (Å²) in [5.74, 6) is 1.06. The van der Waals surface area contributed by atoms with Crippen molar-refractivity contribution >= 4 is 5.91 Å². The number of amides is 1. The number of carbonyl (C=O) groups is 1. The smallest absolute Gasteiger partial charge is 0.223 e. The molecule has 0 saturated heterocycles. The zero-order valence-electron chi connectivity index (χ0n) is 11.3. The molecule has 100 valence electrons. The molecule has 2 unspecified atom stereocenters. The number of nitrogens with one attached hydrogen (secondary N) is 2. The Balaban J connectivity index is 1.66. The summed E-state index contributed by atoms with van der Waals surface area (Å²) >= 11 is 0. The highest BCUT2D eigenvalue weighted by atomic mass is 16.1. The van der Waals surface area contributed by atoms with Gasteiger partial charge >= 0.3 is 0 Å². The average molecular weight is 249 g/mol. The Bertz CT molecular complexity index is 399. The van der Waals surface area contributed by atoms with Crippen LogP contribution in [0.5, 0.6) is 0 Å². The van der Waals surface area contributed by atoms with Crippen molar-refractivity contribution in [2.45, 2.75) is 46.0 Å². The van der Waals surface area contributed by atoms with Crippen molar-refractivity contribution in [3.05, 3.63) is 17.5 Å². The van der Waals surface area contributed by atoms with E-state index in [1.54, 1.807) is 0 Å². The van der Waals surface area contributed by atoms with Crippen molar-refractivity contribution in [1.29, 1.82) is 0 Å². The number of rotatable bonds is 5. The SMILES string of the molecule is Cc1[nH]ncc1CCCNC(=O)C1CCCC1C. The summed E-state index contributed by atoms with van der Waals surface area (Å²) in [6.07, 6.45) is 7.29. The second-order valence-electron chi connectivity index (χ2n) is 5.43. The van der Waals surface area contributed by atoms with Gasteiger partial charge in [-0.05, 0) is 44.1 Å². The quantitative estimate of drug-likeness (QED) is 0.786. The van der Waals surface area contributed by atoms with Crippen LogP contribution < -0.4 is 5.32 Å². The number of aryl methyl sites for hydroxylation is 2. The first-order valence-corrected chi connectivity index (χ1v) is 6.95. The Morgan fingerprint density at radius 2 is 2.39 bits per heavy atom. The molecule has 18 heavy (non-hydrogen) atoms. The molecule has 4 heteroatoms. The normalized spacial score (nSPS) is 23.2. The van der Waals surface area contributed by atoms with E-state index in [2.05, 4.69) is 22.4 Å². The molecule has 1 aliphatic carbocycles. The first-order valence-electron chi connectivity index (χ1n) is 6.95. The van der Waals surface area contributed by atoms with E-state index < -0.39 is 0 Å². The molecule has 0 aromatic carbocycles. The summed E-state index contributed by atoms with van der Waals surface area (Å²) in [7, 11) is 0. The first-order chi connectivity index (χ1) is 8.68. The molecule has 0 bridgehead atoms. The highest BCUT2D eigenvalue weighted by Gasteiger charge is 2.29. The zero-order chi connectivity index (χ0) is 13.0. The van der Waals surface area contributed by atoms with E-state index in [1.165, 1.54) is 18.4 Å². The van der Waals surface area contributed by atoms with Gasteiger partial charge in [-0.3, -0.25) is 9.89 Å². The van der Waals surface area contributed by atoms with Crippen LogP contribution >= 0.6 is 0 Å². The second kappa shape index (κ2) is 6.03. The number of aromatic nitrogens is 2. The molecule has 1 aromatic heterocycles. The van der Waals surface area contributed by atoms with Gasteiger partial charge in [0.25, 0.3) is 0 Å². The molecular formula is C14H23N3O. The molecule has 0 aliphatic heterocycles. The molecule has 2 N–H and O–H groups in total. The standard InChI is InChI=1S/C14H23N3O/c1-10-5-3-7-13(10)14(18)15-8-4-6-12-9-16-17-11(12)2/h9-10,13H,3-8H2,1-2H3,(H,15,18)(H,16,17). The van der Waals surface area contributed by atoms with E-state index in [4.69, 9.17) is 0 Å². The monoisotopic (exact) mass is 249 g/mol. The van der Waals surface area contributed by atoms with Crippen molar-refractivity contribution in [2.24, 2.45) is 11.8 Å². The number of aromatic amines is 1. The molecule has 1 aromatic rings. The summed E-state index contributed by atoms with van der Waals surface area (Å²) in [5.41, 5.74) is 2.38. The predicted octanol–water partition coefficient (Wildman–Crippen LogP) is 2.20. The van der Waals surface area contributed by atoms with Gasteiger partial charge in [0, 0.05) is 18.2 Å². The minimum absolute atomic E-state index is 0.251. The molecule has 1 aliphatic rings. The highest BCUT2D eigenvalue weighted by Crippen LogP contribution is 2.31. The number of hydrogen-bond donors (Lipinski definition) is 2. The molecule has 1 fully saturated rings. The number of H-pyrrole nitrogens is 1. The summed E-state index contributed by atoms with van der Waals surface area (Å²) < 4.78 is 0. The van der Waals surface area contributed by atoms with Crippen molar-refractivity contribution in [3.8, 4) is 0 Å². The van der Waals surface area contributed by atoms with Crippen LogP contribution in [0.2, 0.25) is 0 Å². The lowest BCUT2D eigenvalue weighted by molar-refractivity contribution is -0.125. The van der Waals surface area contributed by atoms with Gasteiger partial charge in [-0.15, -0.1) is 0 Å². The van der Waals surface area contributed by atoms with E-state index in [-0.39, 0.29) is 11.8 Å². The van der Waals surface area contributed by atoms with Gasteiger partial charge in [0.05, 0.1) is 6.20 Å². The maximum atomic E-state index is 12.0. The fourth-order valence-corrected chi connectivity index (χ4v) is 2.78. The first kappa shape index (κ1) is 13.1. The summed E-state index contributed by atoms with van der Waals surface area (Å²) in [6, 6.07) is 0. The van der Waals surface area contributed by atoms with Crippen LogP contribution in [0.15, 0.2) is 6.20 Å². The minimum atomic E-state index is 0.251.